The van der Waals surface area contributed by atoms with Crippen LogP contribution in [-0.2, 0) is 6.54 Å². The van der Waals surface area contributed by atoms with Crippen molar-refractivity contribution in [3.63, 3.8) is 0 Å². The number of hydrogen-bond acceptors (Lipinski definition) is 5. The summed E-state index contributed by atoms with van der Waals surface area (Å²) >= 11 is 1.42. The number of rotatable bonds is 3. The first-order valence-electron chi connectivity index (χ1n) is 9.20. The lowest BCUT2D eigenvalue weighted by molar-refractivity contribution is 0.0410. The first-order chi connectivity index (χ1) is 13.1. The zero-order valence-electron chi connectivity index (χ0n) is 15.3. The molecule has 0 unspecified atom stereocenters. The highest BCUT2D eigenvalue weighted by molar-refractivity contribution is 7.07. The van der Waals surface area contributed by atoms with Gasteiger partial charge >= 0.3 is 0 Å². The van der Waals surface area contributed by atoms with Crippen molar-refractivity contribution < 1.29 is 4.74 Å². The van der Waals surface area contributed by atoms with Crippen LogP contribution in [0.3, 0.4) is 0 Å². The van der Waals surface area contributed by atoms with E-state index in [9.17, 15) is 4.79 Å². The normalized spacial score (nSPS) is 23.3. The van der Waals surface area contributed by atoms with Gasteiger partial charge in [0.25, 0.3) is 5.56 Å². The fraction of sp³-hybridized carbons (Fsp3) is 0.350. The van der Waals surface area contributed by atoms with Gasteiger partial charge in [-0.3, -0.25) is 14.0 Å². The Hall–Kier alpha value is -2.67. The van der Waals surface area contributed by atoms with E-state index in [4.69, 9.17) is 9.73 Å². The highest BCUT2D eigenvalue weighted by Gasteiger charge is 2.42. The molecule has 0 amide bonds. The summed E-state index contributed by atoms with van der Waals surface area (Å²) in [6, 6.07) is 7.89. The van der Waals surface area contributed by atoms with Gasteiger partial charge in [0.2, 0.25) is 5.72 Å². The smallest absolute Gasteiger partial charge is 0.270 e. The second-order valence-electron chi connectivity index (χ2n) is 7.25. The van der Waals surface area contributed by atoms with Crippen LogP contribution in [0, 0.1) is 0 Å². The van der Waals surface area contributed by atoms with E-state index in [-0.39, 0.29) is 11.6 Å². The first kappa shape index (κ1) is 16.5. The summed E-state index contributed by atoms with van der Waals surface area (Å²) in [6.45, 7) is 4.98. The molecule has 0 saturated carbocycles. The molecular formula is C20H20N4O2S. The van der Waals surface area contributed by atoms with Crippen LogP contribution >= 0.6 is 11.3 Å². The molecule has 4 heterocycles. The van der Waals surface area contributed by atoms with E-state index in [2.05, 4.69) is 12.0 Å². The van der Waals surface area contributed by atoms with Gasteiger partial charge in [-0.05, 0) is 25.5 Å². The predicted octanol–water partition coefficient (Wildman–Crippen LogP) is 2.07. The molecule has 0 aliphatic carbocycles. The van der Waals surface area contributed by atoms with Gasteiger partial charge in [0.1, 0.15) is 5.75 Å². The minimum Gasteiger partial charge on any atom is -0.466 e. The van der Waals surface area contributed by atoms with Crippen LogP contribution in [0.2, 0.25) is 0 Å². The lowest BCUT2D eigenvalue weighted by Gasteiger charge is -2.39. The fourth-order valence-corrected chi connectivity index (χ4v) is 5.02. The van der Waals surface area contributed by atoms with E-state index in [1.54, 1.807) is 6.20 Å². The Morgan fingerprint density at radius 1 is 1.41 bits per heavy atom. The van der Waals surface area contributed by atoms with E-state index >= 15 is 0 Å². The van der Waals surface area contributed by atoms with Crippen molar-refractivity contribution >= 4 is 17.4 Å². The molecule has 1 aromatic carbocycles. The van der Waals surface area contributed by atoms with Crippen LogP contribution in [0.1, 0.15) is 43.9 Å². The lowest BCUT2D eigenvalue weighted by Crippen LogP contribution is -2.49. The molecule has 0 fully saturated rings. The zero-order valence-corrected chi connectivity index (χ0v) is 16.1. The van der Waals surface area contributed by atoms with Crippen molar-refractivity contribution in [3.05, 3.63) is 67.5 Å². The van der Waals surface area contributed by atoms with Gasteiger partial charge < -0.3 is 4.74 Å². The molecular weight excluding hydrogens is 360 g/mol. The SMILES string of the molecule is CCCn1cc(/C=c2\sc3n(c2=O)[C@H]2C[C@](C)(N=3)Oc3ccccc32)cn1. The maximum absolute atomic E-state index is 13.2. The number of benzene rings is 1. The monoisotopic (exact) mass is 380 g/mol. The summed E-state index contributed by atoms with van der Waals surface area (Å²) in [7, 11) is 0. The maximum Gasteiger partial charge on any atom is 0.270 e. The molecule has 138 valence electrons. The molecule has 27 heavy (non-hydrogen) atoms. The fourth-order valence-electron chi connectivity index (χ4n) is 3.89. The molecule has 2 aliphatic rings. The van der Waals surface area contributed by atoms with E-state index in [1.165, 1.54) is 11.3 Å². The summed E-state index contributed by atoms with van der Waals surface area (Å²) in [5, 5.41) is 4.35. The molecule has 7 heteroatoms. The maximum atomic E-state index is 13.2. The molecule has 2 bridgehead atoms. The average molecular weight is 380 g/mol. The number of para-hydroxylation sites is 1. The molecule has 2 aromatic heterocycles. The third-order valence-electron chi connectivity index (χ3n) is 5.06. The second kappa shape index (κ2) is 5.92. The molecule has 3 aromatic rings. The van der Waals surface area contributed by atoms with Crippen LogP contribution < -0.4 is 19.6 Å². The number of aryl methyl sites for hydroxylation is 1. The van der Waals surface area contributed by atoms with Crippen molar-refractivity contribution in [2.45, 2.75) is 45.0 Å². The van der Waals surface area contributed by atoms with Gasteiger partial charge in [0, 0.05) is 30.3 Å². The number of fused-ring (bicyclic) bond motifs is 6. The van der Waals surface area contributed by atoms with E-state index in [1.807, 2.05) is 52.7 Å². The molecule has 2 aliphatic heterocycles. The summed E-state index contributed by atoms with van der Waals surface area (Å²) in [5.74, 6) is 0.815. The van der Waals surface area contributed by atoms with Gasteiger partial charge in [0.15, 0.2) is 4.80 Å². The largest absolute Gasteiger partial charge is 0.466 e. The van der Waals surface area contributed by atoms with Crippen LogP contribution in [0.25, 0.3) is 6.08 Å². The standard InChI is InChI=1S/C20H20N4O2S/c1-3-8-23-12-13(11-21-23)9-17-18(25)24-15-10-20(2,22-19(24)27-17)26-16-7-5-4-6-14(15)16/h4-7,9,11-12,15H,3,8,10H2,1-2H3/b17-9-/t15-,20+/m0/s1. The van der Waals surface area contributed by atoms with Crippen molar-refractivity contribution in [3.8, 4) is 5.75 Å². The summed E-state index contributed by atoms with van der Waals surface area (Å²) < 4.78 is 10.6. The van der Waals surface area contributed by atoms with Crippen LogP contribution in [0.15, 0.2) is 46.4 Å². The average Bonchev–Trinajstić information content (AvgIpc) is 3.19. The first-order valence-corrected chi connectivity index (χ1v) is 10.0. The molecule has 0 N–H and O–H groups in total. The summed E-state index contributed by atoms with van der Waals surface area (Å²) in [4.78, 5) is 18.7. The van der Waals surface area contributed by atoms with Gasteiger partial charge in [-0.2, -0.15) is 5.10 Å². The third kappa shape index (κ3) is 2.65. The quantitative estimate of drug-likeness (QED) is 0.699. The van der Waals surface area contributed by atoms with E-state index in [0.717, 1.165) is 34.6 Å². The van der Waals surface area contributed by atoms with Crippen LogP contribution in [0.4, 0.5) is 0 Å². The Labute approximate surface area is 160 Å². The molecule has 0 saturated heterocycles. The Bertz CT molecular complexity index is 1210. The van der Waals surface area contributed by atoms with E-state index in [0.29, 0.717) is 11.0 Å². The summed E-state index contributed by atoms with van der Waals surface area (Å²) in [5.41, 5.74) is 1.37. The zero-order chi connectivity index (χ0) is 18.6. The third-order valence-corrected chi connectivity index (χ3v) is 6.05. The van der Waals surface area contributed by atoms with Gasteiger partial charge in [-0.1, -0.05) is 36.5 Å². The van der Waals surface area contributed by atoms with Crippen molar-refractivity contribution in [2.75, 3.05) is 0 Å². The number of nitrogens with zero attached hydrogens (tertiary/aromatic N) is 4. The van der Waals surface area contributed by atoms with Gasteiger partial charge in [-0.15, -0.1) is 0 Å². The molecule has 2 atom stereocenters. The highest BCUT2D eigenvalue weighted by Crippen LogP contribution is 2.42. The molecule has 6 nitrogen and oxygen atoms in total. The number of hydrogen-bond donors (Lipinski definition) is 0. The van der Waals surface area contributed by atoms with Crippen LogP contribution in [0.5, 0.6) is 5.75 Å². The van der Waals surface area contributed by atoms with E-state index < -0.39 is 5.72 Å². The topological polar surface area (TPSA) is 61.4 Å². The Balaban J connectivity index is 1.68. The minimum absolute atomic E-state index is 0.00532. The number of ether oxygens (including phenoxy) is 1. The second-order valence-corrected chi connectivity index (χ2v) is 8.26. The van der Waals surface area contributed by atoms with Crippen molar-refractivity contribution in [2.24, 2.45) is 4.99 Å². The summed E-state index contributed by atoms with van der Waals surface area (Å²) in [6.07, 6.45) is 7.37. The number of thiazole rings is 1. The van der Waals surface area contributed by atoms with Gasteiger partial charge in [0.05, 0.1) is 16.8 Å². The molecule has 0 radical (unpaired) electrons. The van der Waals surface area contributed by atoms with Crippen molar-refractivity contribution in [1.82, 2.24) is 14.3 Å². The Kier molecular flexibility index (Phi) is 3.62. The Morgan fingerprint density at radius 2 is 2.26 bits per heavy atom. The number of aromatic nitrogens is 3. The molecule has 0 spiro atoms. The highest BCUT2D eigenvalue weighted by atomic mass is 32.1. The Morgan fingerprint density at radius 3 is 3.11 bits per heavy atom. The predicted molar refractivity (Wildman–Crippen MR) is 104 cm³/mol. The van der Waals surface area contributed by atoms with Crippen molar-refractivity contribution in [1.29, 1.82) is 0 Å². The minimum atomic E-state index is -0.625. The lowest BCUT2D eigenvalue weighted by atomic mass is 9.93. The molecule has 5 rings (SSSR count). The van der Waals surface area contributed by atoms with Crippen LogP contribution in [-0.4, -0.2) is 20.1 Å². The van der Waals surface area contributed by atoms with Gasteiger partial charge in [-0.25, -0.2) is 4.99 Å².